The van der Waals surface area contributed by atoms with Gasteiger partial charge in [0, 0.05) is 11.1 Å². The van der Waals surface area contributed by atoms with Gasteiger partial charge in [0.25, 0.3) is 5.91 Å². The van der Waals surface area contributed by atoms with Crippen LogP contribution in [0.2, 0.25) is 0 Å². The molecule has 142 valence electrons. The Morgan fingerprint density at radius 1 is 1.11 bits per heavy atom. The molecular weight excluding hydrogens is 342 g/mol. The first-order valence-electron chi connectivity index (χ1n) is 9.49. The first-order chi connectivity index (χ1) is 13.2. The monoisotopic (exact) mass is 367 g/mol. The average Bonchev–Trinajstić information content (AvgIpc) is 3.51. The Balaban J connectivity index is 1.74. The van der Waals surface area contributed by atoms with E-state index in [1.54, 1.807) is 32.4 Å². The predicted molar refractivity (Wildman–Crippen MR) is 104 cm³/mol. The summed E-state index contributed by atoms with van der Waals surface area (Å²) in [4.78, 5) is 15.5. The molecule has 0 spiro atoms. The Bertz CT molecular complexity index is 850. The molecule has 27 heavy (non-hydrogen) atoms. The van der Waals surface area contributed by atoms with E-state index < -0.39 is 0 Å². The molecule has 4 rings (SSSR count). The maximum absolute atomic E-state index is 13.5. The van der Waals surface area contributed by atoms with Crippen LogP contribution in [0.15, 0.2) is 42.5 Å². The number of carbonyl (C=O) groups excluding carboxylic acids is 1. The normalized spacial score (nSPS) is 22.6. The van der Waals surface area contributed by atoms with Crippen molar-refractivity contribution >= 4 is 11.6 Å². The van der Waals surface area contributed by atoms with Crippen molar-refractivity contribution in [3.8, 4) is 11.5 Å². The summed E-state index contributed by atoms with van der Waals surface area (Å²) in [6, 6.07) is 13.4. The van der Waals surface area contributed by atoms with Crippen LogP contribution in [0.3, 0.4) is 0 Å². The van der Waals surface area contributed by atoms with E-state index in [0.29, 0.717) is 17.1 Å². The zero-order valence-electron chi connectivity index (χ0n) is 16.0. The van der Waals surface area contributed by atoms with Gasteiger partial charge in [0.05, 0.1) is 25.9 Å². The van der Waals surface area contributed by atoms with Crippen molar-refractivity contribution < 1.29 is 19.0 Å². The number of carbonyl (C=O) groups is 1. The lowest BCUT2D eigenvalue weighted by Gasteiger charge is -2.35. The van der Waals surface area contributed by atoms with Gasteiger partial charge in [-0.1, -0.05) is 38.0 Å². The Labute approximate surface area is 159 Å². The molecule has 3 unspecified atom stereocenters. The molecule has 0 aliphatic carbocycles. The molecule has 0 N–H and O–H groups in total. The smallest absolute Gasteiger partial charge is 0.258 e. The highest BCUT2D eigenvalue weighted by molar-refractivity contribution is 6.08. The molecule has 2 aromatic rings. The van der Waals surface area contributed by atoms with Crippen LogP contribution in [-0.2, 0) is 4.74 Å². The van der Waals surface area contributed by atoms with E-state index in [-0.39, 0.29) is 24.2 Å². The molecule has 2 aromatic carbocycles. The average molecular weight is 367 g/mol. The first-order valence-corrected chi connectivity index (χ1v) is 9.49. The van der Waals surface area contributed by atoms with Gasteiger partial charge in [-0.15, -0.1) is 0 Å². The summed E-state index contributed by atoms with van der Waals surface area (Å²) >= 11 is 0. The fraction of sp³-hybridized carbons (Fsp3) is 0.409. The molecule has 1 amide bonds. The molecule has 0 bridgehead atoms. The van der Waals surface area contributed by atoms with Gasteiger partial charge in [0.1, 0.15) is 12.2 Å². The van der Waals surface area contributed by atoms with Crippen LogP contribution in [0.25, 0.3) is 0 Å². The van der Waals surface area contributed by atoms with Gasteiger partial charge in [0.15, 0.2) is 11.5 Å². The second-order valence-corrected chi connectivity index (χ2v) is 7.03. The summed E-state index contributed by atoms with van der Waals surface area (Å²) in [6.45, 7) is 2.17. The summed E-state index contributed by atoms with van der Waals surface area (Å²) in [7, 11) is 3.17. The number of methoxy groups -OCH3 is 2. The van der Waals surface area contributed by atoms with E-state index in [2.05, 4.69) is 13.0 Å². The van der Waals surface area contributed by atoms with Gasteiger partial charge >= 0.3 is 0 Å². The predicted octanol–water partition coefficient (Wildman–Crippen LogP) is 4.36. The number of epoxide rings is 1. The lowest BCUT2D eigenvalue weighted by Crippen LogP contribution is -2.46. The van der Waals surface area contributed by atoms with Crippen LogP contribution >= 0.6 is 0 Å². The fourth-order valence-corrected chi connectivity index (χ4v) is 4.01. The number of ether oxygens (including phenoxy) is 3. The SMILES string of the molecule is CCCCC1C2OC2c2ccccc2N1C(=O)c1ccc(OC)c(OC)c1. The molecule has 2 aliphatic heterocycles. The Hall–Kier alpha value is -2.53. The number of rotatable bonds is 6. The van der Waals surface area contributed by atoms with Gasteiger partial charge in [-0.2, -0.15) is 0 Å². The van der Waals surface area contributed by atoms with E-state index in [1.165, 1.54) is 0 Å². The van der Waals surface area contributed by atoms with E-state index in [9.17, 15) is 4.79 Å². The Kier molecular flexibility index (Phi) is 4.79. The highest BCUT2D eigenvalue weighted by Crippen LogP contribution is 2.52. The third-order valence-corrected chi connectivity index (χ3v) is 5.44. The van der Waals surface area contributed by atoms with Gasteiger partial charge in [-0.3, -0.25) is 4.79 Å². The molecule has 5 heteroatoms. The van der Waals surface area contributed by atoms with E-state index in [0.717, 1.165) is 30.5 Å². The summed E-state index contributed by atoms with van der Waals surface area (Å²) in [5, 5.41) is 0. The topological polar surface area (TPSA) is 51.3 Å². The summed E-state index contributed by atoms with van der Waals surface area (Å²) in [5.74, 6) is 1.14. The minimum atomic E-state index is -0.0292. The zero-order chi connectivity index (χ0) is 19.0. The van der Waals surface area contributed by atoms with Crippen molar-refractivity contribution in [3.63, 3.8) is 0 Å². The third kappa shape index (κ3) is 3.06. The van der Waals surface area contributed by atoms with Gasteiger partial charge < -0.3 is 19.1 Å². The van der Waals surface area contributed by atoms with E-state index in [1.807, 2.05) is 23.1 Å². The van der Waals surface area contributed by atoms with Gasteiger partial charge in [0.2, 0.25) is 0 Å². The molecule has 1 saturated heterocycles. The number of anilines is 1. The van der Waals surface area contributed by atoms with Crippen molar-refractivity contribution in [1.29, 1.82) is 0 Å². The molecule has 0 saturated carbocycles. The van der Waals surface area contributed by atoms with Crippen LogP contribution < -0.4 is 14.4 Å². The van der Waals surface area contributed by atoms with Gasteiger partial charge in [-0.25, -0.2) is 0 Å². The number of fused-ring (bicyclic) bond motifs is 3. The Morgan fingerprint density at radius 3 is 2.63 bits per heavy atom. The summed E-state index contributed by atoms with van der Waals surface area (Å²) in [6.07, 6.45) is 3.31. The minimum absolute atomic E-state index is 0.0292. The molecule has 1 fully saturated rings. The number of para-hydroxylation sites is 1. The number of unbranched alkanes of at least 4 members (excludes halogenated alkanes) is 1. The third-order valence-electron chi connectivity index (χ3n) is 5.44. The first kappa shape index (κ1) is 17.9. The fourth-order valence-electron chi connectivity index (χ4n) is 4.01. The van der Waals surface area contributed by atoms with Crippen molar-refractivity contribution in [3.05, 3.63) is 53.6 Å². The van der Waals surface area contributed by atoms with E-state index >= 15 is 0 Å². The number of benzene rings is 2. The second kappa shape index (κ2) is 7.24. The Morgan fingerprint density at radius 2 is 1.89 bits per heavy atom. The summed E-state index contributed by atoms with van der Waals surface area (Å²) < 4.78 is 16.7. The van der Waals surface area contributed by atoms with Crippen molar-refractivity contribution in [2.45, 2.75) is 44.4 Å². The molecular formula is C22H25NO4. The van der Waals surface area contributed by atoms with Crippen LogP contribution in [0.5, 0.6) is 11.5 Å². The van der Waals surface area contributed by atoms with Gasteiger partial charge in [-0.05, 0) is 30.7 Å². The van der Waals surface area contributed by atoms with E-state index in [4.69, 9.17) is 14.2 Å². The molecule has 3 atom stereocenters. The molecule has 2 aliphatic rings. The number of hydrogen-bond donors (Lipinski definition) is 0. The maximum atomic E-state index is 13.5. The van der Waals surface area contributed by atoms with Crippen LogP contribution in [-0.4, -0.2) is 32.3 Å². The lowest BCUT2D eigenvalue weighted by molar-refractivity contribution is 0.0968. The van der Waals surface area contributed by atoms with Crippen molar-refractivity contribution in [2.75, 3.05) is 19.1 Å². The highest BCUT2D eigenvalue weighted by atomic mass is 16.6. The standard InChI is InChI=1S/C22H25NO4/c1-4-5-9-17-21-20(27-21)15-8-6-7-10-16(15)23(17)22(24)14-11-12-18(25-2)19(13-14)26-3/h6-8,10-13,17,20-21H,4-5,9H2,1-3H3. The molecule has 0 radical (unpaired) electrons. The molecule has 2 heterocycles. The van der Waals surface area contributed by atoms with Crippen molar-refractivity contribution in [2.24, 2.45) is 0 Å². The summed E-state index contributed by atoms with van der Waals surface area (Å²) in [5.41, 5.74) is 2.64. The zero-order valence-corrected chi connectivity index (χ0v) is 16.0. The minimum Gasteiger partial charge on any atom is -0.493 e. The van der Waals surface area contributed by atoms with Crippen LogP contribution in [0.4, 0.5) is 5.69 Å². The largest absolute Gasteiger partial charge is 0.493 e. The second-order valence-electron chi connectivity index (χ2n) is 7.03. The highest BCUT2D eigenvalue weighted by Gasteiger charge is 2.54. The molecule has 0 aromatic heterocycles. The molecule has 5 nitrogen and oxygen atoms in total. The quantitative estimate of drug-likeness (QED) is 0.712. The van der Waals surface area contributed by atoms with Crippen LogP contribution in [0, 0.1) is 0 Å². The lowest BCUT2D eigenvalue weighted by atomic mass is 9.92. The van der Waals surface area contributed by atoms with Crippen LogP contribution in [0.1, 0.15) is 48.2 Å². The number of nitrogens with zero attached hydrogens (tertiary/aromatic N) is 1. The number of amides is 1. The maximum Gasteiger partial charge on any atom is 0.258 e. The number of hydrogen-bond acceptors (Lipinski definition) is 4. The van der Waals surface area contributed by atoms with Crippen molar-refractivity contribution in [1.82, 2.24) is 0 Å².